The molecule has 1 aliphatic carbocycles. The van der Waals surface area contributed by atoms with Gasteiger partial charge >= 0.3 is 5.97 Å². The first kappa shape index (κ1) is 18.7. The fraction of sp³-hybridized carbons (Fsp3) is 0.550. The second-order valence-electron chi connectivity index (χ2n) is 7.05. The van der Waals surface area contributed by atoms with E-state index < -0.39 is 0 Å². The lowest BCUT2D eigenvalue weighted by molar-refractivity contribution is -0.139. The Labute approximate surface area is 154 Å². The van der Waals surface area contributed by atoms with E-state index in [0.29, 0.717) is 6.54 Å². The summed E-state index contributed by atoms with van der Waals surface area (Å²) >= 11 is 0. The quantitative estimate of drug-likeness (QED) is 0.784. The standard InChI is InChI=1S/C20H28N2O4/c1-22-11-9-20(14-4-5-16(24-2)17(12-14)25-3)8-6-15(13-18(20)22)26-19(23)7-10-21/h4-5,12-13,18H,6-11,21H2,1-3H3. The largest absolute Gasteiger partial charge is 0.493 e. The van der Waals surface area contributed by atoms with Gasteiger partial charge in [0.05, 0.1) is 20.6 Å². The van der Waals surface area contributed by atoms with Crippen LogP contribution in [-0.4, -0.2) is 51.3 Å². The minimum atomic E-state index is -0.252. The molecule has 0 saturated carbocycles. The minimum Gasteiger partial charge on any atom is -0.493 e. The van der Waals surface area contributed by atoms with Crippen LogP contribution in [0.15, 0.2) is 30.0 Å². The number of nitrogens with zero attached hydrogens (tertiary/aromatic N) is 1. The summed E-state index contributed by atoms with van der Waals surface area (Å²) in [7, 11) is 5.43. The minimum absolute atomic E-state index is 0.00191. The van der Waals surface area contributed by atoms with E-state index in [9.17, 15) is 4.79 Å². The van der Waals surface area contributed by atoms with Gasteiger partial charge in [-0.25, -0.2) is 0 Å². The molecule has 0 radical (unpaired) electrons. The van der Waals surface area contributed by atoms with Crippen LogP contribution in [0.4, 0.5) is 0 Å². The molecule has 2 N–H and O–H groups in total. The molecule has 142 valence electrons. The average Bonchev–Trinajstić information content (AvgIpc) is 2.99. The van der Waals surface area contributed by atoms with Crippen molar-refractivity contribution in [3.8, 4) is 11.5 Å². The molecule has 6 heteroatoms. The van der Waals surface area contributed by atoms with E-state index in [-0.39, 0.29) is 23.8 Å². The van der Waals surface area contributed by atoms with E-state index in [1.165, 1.54) is 5.56 Å². The molecule has 1 aliphatic heterocycles. The van der Waals surface area contributed by atoms with Gasteiger partial charge in [0.25, 0.3) is 0 Å². The number of benzene rings is 1. The summed E-state index contributed by atoms with van der Waals surface area (Å²) in [6, 6.07) is 6.38. The number of methoxy groups -OCH3 is 2. The van der Waals surface area contributed by atoms with Crippen molar-refractivity contribution in [3.05, 3.63) is 35.6 Å². The number of esters is 1. The second kappa shape index (κ2) is 7.68. The molecule has 0 amide bonds. The number of ether oxygens (including phenoxy) is 3. The molecule has 1 aromatic rings. The lowest BCUT2D eigenvalue weighted by Gasteiger charge is -2.40. The van der Waals surface area contributed by atoms with Crippen LogP contribution in [0.2, 0.25) is 0 Å². The highest BCUT2D eigenvalue weighted by molar-refractivity contribution is 5.70. The van der Waals surface area contributed by atoms with Crippen LogP contribution in [0.5, 0.6) is 11.5 Å². The van der Waals surface area contributed by atoms with Gasteiger partial charge in [-0.3, -0.25) is 9.69 Å². The van der Waals surface area contributed by atoms with Crippen molar-refractivity contribution in [2.75, 3.05) is 34.4 Å². The molecule has 1 saturated heterocycles. The number of carbonyl (C=O) groups excluding carboxylic acids is 1. The van der Waals surface area contributed by atoms with Crippen LogP contribution in [-0.2, 0) is 14.9 Å². The summed E-state index contributed by atoms with van der Waals surface area (Å²) in [5, 5.41) is 0. The number of hydrogen-bond donors (Lipinski definition) is 1. The normalized spacial score (nSPS) is 25.4. The number of hydrogen-bond acceptors (Lipinski definition) is 6. The molecule has 0 bridgehead atoms. The zero-order valence-electron chi connectivity index (χ0n) is 15.8. The highest BCUT2D eigenvalue weighted by Gasteiger charge is 2.48. The van der Waals surface area contributed by atoms with Crippen molar-refractivity contribution >= 4 is 5.97 Å². The molecule has 6 nitrogen and oxygen atoms in total. The zero-order chi connectivity index (χ0) is 18.7. The van der Waals surface area contributed by atoms with Gasteiger partial charge in [-0.2, -0.15) is 0 Å². The summed E-state index contributed by atoms with van der Waals surface area (Å²) in [5.41, 5.74) is 6.68. The van der Waals surface area contributed by atoms with Gasteiger partial charge in [-0.1, -0.05) is 6.07 Å². The lowest BCUT2D eigenvalue weighted by Crippen LogP contribution is -2.42. The van der Waals surface area contributed by atoms with Crippen molar-refractivity contribution in [2.24, 2.45) is 5.73 Å². The lowest BCUT2D eigenvalue weighted by atomic mass is 9.68. The van der Waals surface area contributed by atoms with Crippen molar-refractivity contribution in [1.29, 1.82) is 0 Å². The van der Waals surface area contributed by atoms with Gasteiger partial charge in [-0.05, 0) is 50.2 Å². The summed E-state index contributed by atoms with van der Waals surface area (Å²) in [6.07, 6.45) is 5.10. The summed E-state index contributed by atoms with van der Waals surface area (Å²) in [6.45, 7) is 1.31. The molecule has 0 aromatic heterocycles. The second-order valence-corrected chi connectivity index (χ2v) is 7.05. The third-order valence-electron chi connectivity index (χ3n) is 5.66. The Kier molecular flexibility index (Phi) is 5.53. The van der Waals surface area contributed by atoms with Gasteiger partial charge < -0.3 is 19.9 Å². The first-order valence-electron chi connectivity index (χ1n) is 9.08. The number of likely N-dealkylation sites (tertiary alicyclic amines) is 1. The van der Waals surface area contributed by atoms with Crippen LogP contribution in [0.3, 0.4) is 0 Å². The highest BCUT2D eigenvalue weighted by Crippen LogP contribution is 2.49. The van der Waals surface area contributed by atoms with E-state index in [2.05, 4.69) is 30.2 Å². The fourth-order valence-electron chi connectivity index (χ4n) is 4.26. The molecule has 1 fully saturated rings. The Morgan fingerprint density at radius 3 is 2.73 bits per heavy atom. The monoisotopic (exact) mass is 360 g/mol. The summed E-state index contributed by atoms with van der Waals surface area (Å²) in [5.74, 6) is 1.99. The fourth-order valence-corrected chi connectivity index (χ4v) is 4.26. The maximum atomic E-state index is 11.8. The van der Waals surface area contributed by atoms with Crippen LogP contribution in [0.25, 0.3) is 0 Å². The molecule has 2 aliphatic rings. The molecule has 1 aromatic carbocycles. The topological polar surface area (TPSA) is 74.0 Å². The Morgan fingerprint density at radius 2 is 2.04 bits per heavy atom. The predicted octanol–water partition coefficient (Wildman–Crippen LogP) is 2.22. The third kappa shape index (κ3) is 3.31. The Balaban J connectivity index is 1.92. The van der Waals surface area contributed by atoms with E-state index >= 15 is 0 Å². The van der Waals surface area contributed by atoms with Gasteiger partial charge in [0.1, 0.15) is 5.76 Å². The van der Waals surface area contributed by atoms with E-state index in [0.717, 1.165) is 43.1 Å². The van der Waals surface area contributed by atoms with Crippen LogP contribution in [0.1, 0.15) is 31.2 Å². The smallest absolute Gasteiger partial charge is 0.312 e. The Hall–Kier alpha value is -2.05. The zero-order valence-corrected chi connectivity index (χ0v) is 15.8. The Morgan fingerprint density at radius 1 is 1.27 bits per heavy atom. The SMILES string of the molecule is COc1ccc(C23CCC(OC(=O)CCN)=CC2N(C)CC3)cc1OC. The molecule has 3 rings (SSSR count). The highest BCUT2D eigenvalue weighted by atomic mass is 16.5. The average molecular weight is 360 g/mol. The molecule has 26 heavy (non-hydrogen) atoms. The van der Waals surface area contributed by atoms with Crippen molar-refractivity contribution in [1.82, 2.24) is 4.90 Å². The molecular formula is C20H28N2O4. The van der Waals surface area contributed by atoms with Gasteiger partial charge in [0, 0.05) is 24.4 Å². The Bertz CT molecular complexity index is 703. The van der Waals surface area contributed by atoms with Crippen LogP contribution < -0.4 is 15.2 Å². The third-order valence-corrected chi connectivity index (χ3v) is 5.66. The molecular weight excluding hydrogens is 332 g/mol. The van der Waals surface area contributed by atoms with Gasteiger partial charge in [0.15, 0.2) is 11.5 Å². The number of likely N-dealkylation sites (N-methyl/N-ethyl adjacent to an activating group) is 1. The molecule has 2 unspecified atom stereocenters. The van der Waals surface area contributed by atoms with Crippen LogP contribution >= 0.6 is 0 Å². The van der Waals surface area contributed by atoms with E-state index in [1.54, 1.807) is 14.2 Å². The first-order chi connectivity index (χ1) is 12.5. The van der Waals surface area contributed by atoms with Gasteiger partial charge in [0.2, 0.25) is 0 Å². The predicted molar refractivity (Wildman–Crippen MR) is 99.3 cm³/mol. The van der Waals surface area contributed by atoms with Gasteiger partial charge in [-0.15, -0.1) is 0 Å². The number of rotatable bonds is 6. The van der Waals surface area contributed by atoms with Crippen molar-refractivity contribution in [3.63, 3.8) is 0 Å². The van der Waals surface area contributed by atoms with E-state index in [1.807, 2.05) is 6.07 Å². The molecule has 1 heterocycles. The van der Waals surface area contributed by atoms with Crippen LogP contribution in [0, 0.1) is 0 Å². The number of nitrogens with two attached hydrogens (primary N) is 1. The summed E-state index contributed by atoms with van der Waals surface area (Å²) < 4.78 is 16.4. The van der Waals surface area contributed by atoms with Crippen molar-refractivity contribution < 1.29 is 19.0 Å². The number of carbonyl (C=O) groups is 1. The first-order valence-corrected chi connectivity index (χ1v) is 9.08. The van der Waals surface area contributed by atoms with Crippen molar-refractivity contribution in [2.45, 2.75) is 37.1 Å². The molecule has 0 spiro atoms. The maximum Gasteiger partial charge on any atom is 0.312 e. The maximum absolute atomic E-state index is 11.8. The molecule has 2 atom stereocenters. The van der Waals surface area contributed by atoms with E-state index in [4.69, 9.17) is 19.9 Å². The summed E-state index contributed by atoms with van der Waals surface area (Å²) in [4.78, 5) is 14.1. The number of fused-ring (bicyclic) bond motifs is 1. The number of allylic oxidation sites excluding steroid dienone is 1.